The molecule has 3 rings (SSSR count). The Hall–Kier alpha value is -2.89. The highest BCUT2D eigenvalue weighted by atomic mass is 16.2. The van der Waals surface area contributed by atoms with E-state index in [9.17, 15) is 4.79 Å². The van der Waals surface area contributed by atoms with Crippen molar-refractivity contribution < 1.29 is 4.79 Å². The Morgan fingerprint density at radius 1 is 1.31 bits per heavy atom. The van der Waals surface area contributed by atoms with Crippen molar-refractivity contribution >= 4 is 5.91 Å². The van der Waals surface area contributed by atoms with Crippen LogP contribution in [-0.2, 0) is 6.54 Å². The van der Waals surface area contributed by atoms with Gasteiger partial charge in [0.15, 0.2) is 0 Å². The lowest BCUT2D eigenvalue weighted by Gasteiger charge is -2.23. The molecule has 0 saturated carbocycles. The molecule has 1 atom stereocenters. The number of amides is 1. The number of aromatic nitrogens is 4. The van der Waals surface area contributed by atoms with Gasteiger partial charge >= 0.3 is 0 Å². The third kappa shape index (κ3) is 3.54. The summed E-state index contributed by atoms with van der Waals surface area (Å²) >= 11 is 0. The first kappa shape index (κ1) is 17.9. The average molecular weight is 351 g/mol. The topological polar surface area (TPSA) is 66.8 Å². The molecule has 6 heteroatoms. The number of carbonyl (C=O) groups is 1. The van der Waals surface area contributed by atoms with Crippen LogP contribution in [0.2, 0.25) is 0 Å². The average Bonchev–Trinajstić information content (AvgIpc) is 3.28. The fraction of sp³-hybridized carbons (Fsp3) is 0.350. The number of nitrogens with zero attached hydrogens (tertiary/aromatic N) is 4. The molecule has 1 aromatic carbocycles. The van der Waals surface area contributed by atoms with Crippen molar-refractivity contribution in [2.75, 3.05) is 7.05 Å². The van der Waals surface area contributed by atoms with Crippen LogP contribution >= 0.6 is 0 Å². The van der Waals surface area contributed by atoms with Gasteiger partial charge in [0.1, 0.15) is 0 Å². The minimum absolute atomic E-state index is 0.0341. The third-order valence-corrected chi connectivity index (χ3v) is 4.65. The molecule has 0 aliphatic carbocycles. The minimum atomic E-state index is -0.124. The Labute approximate surface area is 153 Å². The summed E-state index contributed by atoms with van der Waals surface area (Å²) in [4.78, 5) is 14.6. The lowest BCUT2D eigenvalue weighted by Crippen LogP contribution is -2.30. The number of aryl methyl sites for hydroxylation is 2. The number of carbonyl (C=O) groups excluding carboxylic acids is 1. The predicted molar refractivity (Wildman–Crippen MR) is 102 cm³/mol. The summed E-state index contributed by atoms with van der Waals surface area (Å²) < 4.78 is 1.84. The van der Waals surface area contributed by atoms with Crippen molar-refractivity contribution in [3.8, 4) is 11.3 Å². The van der Waals surface area contributed by atoms with Gasteiger partial charge in [0.05, 0.1) is 28.7 Å². The zero-order chi connectivity index (χ0) is 18.7. The van der Waals surface area contributed by atoms with Crippen LogP contribution in [0, 0.1) is 6.92 Å². The standard InChI is InChI=1S/C20H25N5O/c1-5-11-25-13-17(14(2)23-25)20(26)24(4)15(3)18-12-19(22-21-18)16-9-7-6-8-10-16/h6-10,12-13,15H,5,11H2,1-4H3,(H,21,22). The summed E-state index contributed by atoms with van der Waals surface area (Å²) in [7, 11) is 1.81. The molecule has 6 nitrogen and oxygen atoms in total. The fourth-order valence-electron chi connectivity index (χ4n) is 2.95. The quantitative estimate of drug-likeness (QED) is 0.734. The second kappa shape index (κ2) is 7.56. The molecule has 0 fully saturated rings. The normalized spacial score (nSPS) is 12.2. The van der Waals surface area contributed by atoms with Crippen molar-refractivity contribution in [1.29, 1.82) is 0 Å². The van der Waals surface area contributed by atoms with Gasteiger partial charge in [-0.2, -0.15) is 10.2 Å². The van der Waals surface area contributed by atoms with Crippen LogP contribution in [-0.4, -0.2) is 37.8 Å². The van der Waals surface area contributed by atoms with E-state index in [4.69, 9.17) is 0 Å². The minimum Gasteiger partial charge on any atom is -0.333 e. The molecule has 1 amide bonds. The van der Waals surface area contributed by atoms with Crippen molar-refractivity contribution in [1.82, 2.24) is 24.9 Å². The Balaban J connectivity index is 1.78. The highest BCUT2D eigenvalue weighted by molar-refractivity contribution is 5.95. The molecular weight excluding hydrogens is 326 g/mol. The number of hydrogen-bond acceptors (Lipinski definition) is 3. The first-order valence-electron chi connectivity index (χ1n) is 8.93. The molecule has 1 N–H and O–H groups in total. The van der Waals surface area contributed by atoms with Gasteiger partial charge in [-0.15, -0.1) is 0 Å². The Bertz CT molecular complexity index is 881. The summed E-state index contributed by atoms with van der Waals surface area (Å²) in [5.74, 6) is -0.0341. The summed E-state index contributed by atoms with van der Waals surface area (Å²) in [6.07, 6.45) is 2.82. The molecular formula is C20H25N5O. The van der Waals surface area contributed by atoms with E-state index in [-0.39, 0.29) is 11.9 Å². The Morgan fingerprint density at radius 3 is 2.73 bits per heavy atom. The van der Waals surface area contributed by atoms with Gasteiger partial charge in [0.25, 0.3) is 5.91 Å². The highest BCUT2D eigenvalue weighted by Gasteiger charge is 2.23. The zero-order valence-corrected chi connectivity index (χ0v) is 15.7. The maximum Gasteiger partial charge on any atom is 0.257 e. The van der Waals surface area contributed by atoms with Crippen LogP contribution < -0.4 is 0 Å². The second-order valence-electron chi connectivity index (χ2n) is 6.56. The number of rotatable bonds is 6. The summed E-state index contributed by atoms with van der Waals surface area (Å²) in [5, 5.41) is 11.9. The molecule has 0 aliphatic rings. The van der Waals surface area contributed by atoms with E-state index >= 15 is 0 Å². The Kier molecular flexibility index (Phi) is 5.21. The van der Waals surface area contributed by atoms with Crippen LogP contribution in [0.1, 0.15) is 48.1 Å². The second-order valence-corrected chi connectivity index (χ2v) is 6.56. The molecule has 0 aliphatic heterocycles. The lowest BCUT2D eigenvalue weighted by atomic mass is 10.1. The summed E-state index contributed by atoms with van der Waals surface area (Å²) in [6.45, 7) is 6.78. The van der Waals surface area contributed by atoms with E-state index in [1.807, 2.05) is 68.2 Å². The molecule has 0 saturated heterocycles. The number of hydrogen-bond donors (Lipinski definition) is 1. The van der Waals surface area contributed by atoms with E-state index in [0.717, 1.165) is 35.6 Å². The van der Waals surface area contributed by atoms with Crippen molar-refractivity contribution in [3.05, 3.63) is 59.5 Å². The van der Waals surface area contributed by atoms with Crippen molar-refractivity contribution in [3.63, 3.8) is 0 Å². The van der Waals surface area contributed by atoms with Gasteiger partial charge in [-0.3, -0.25) is 14.6 Å². The largest absolute Gasteiger partial charge is 0.333 e. The predicted octanol–water partition coefficient (Wildman–Crippen LogP) is 3.82. The molecule has 3 aromatic rings. The maximum absolute atomic E-state index is 12.9. The Morgan fingerprint density at radius 2 is 2.04 bits per heavy atom. The number of benzene rings is 1. The van der Waals surface area contributed by atoms with Gasteiger partial charge in [0, 0.05) is 25.4 Å². The van der Waals surface area contributed by atoms with E-state index in [0.29, 0.717) is 5.56 Å². The zero-order valence-electron chi connectivity index (χ0n) is 15.7. The smallest absolute Gasteiger partial charge is 0.257 e. The molecule has 26 heavy (non-hydrogen) atoms. The van der Waals surface area contributed by atoms with Crippen LogP contribution in [0.5, 0.6) is 0 Å². The fourth-order valence-corrected chi connectivity index (χ4v) is 2.95. The highest BCUT2D eigenvalue weighted by Crippen LogP contribution is 2.24. The van der Waals surface area contributed by atoms with Crippen LogP contribution in [0.4, 0.5) is 0 Å². The van der Waals surface area contributed by atoms with Crippen LogP contribution in [0.25, 0.3) is 11.3 Å². The lowest BCUT2D eigenvalue weighted by molar-refractivity contribution is 0.0739. The number of aromatic amines is 1. The van der Waals surface area contributed by atoms with Crippen molar-refractivity contribution in [2.24, 2.45) is 0 Å². The van der Waals surface area contributed by atoms with E-state index in [1.54, 1.807) is 4.90 Å². The summed E-state index contributed by atoms with van der Waals surface area (Å²) in [6, 6.07) is 11.9. The molecule has 0 bridgehead atoms. The van der Waals surface area contributed by atoms with Gasteiger partial charge in [0.2, 0.25) is 0 Å². The molecule has 1 unspecified atom stereocenters. The van der Waals surface area contributed by atoms with Gasteiger partial charge in [-0.1, -0.05) is 37.3 Å². The molecule has 2 heterocycles. The van der Waals surface area contributed by atoms with Crippen LogP contribution in [0.15, 0.2) is 42.6 Å². The monoisotopic (exact) mass is 351 g/mol. The number of nitrogens with one attached hydrogen (secondary N) is 1. The number of H-pyrrole nitrogens is 1. The van der Waals surface area contributed by atoms with Gasteiger partial charge in [-0.05, 0) is 26.3 Å². The van der Waals surface area contributed by atoms with Crippen molar-refractivity contribution in [2.45, 2.75) is 39.8 Å². The van der Waals surface area contributed by atoms with E-state index in [1.165, 1.54) is 0 Å². The third-order valence-electron chi connectivity index (χ3n) is 4.65. The first-order valence-corrected chi connectivity index (χ1v) is 8.93. The SMILES string of the molecule is CCCn1cc(C(=O)N(C)C(C)c2cc(-c3ccccc3)n[nH]2)c(C)n1. The van der Waals surface area contributed by atoms with E-state index in [2.05, 4.69) is 22.2 Å². The summed E-state index contributed by atoms with van der Waals surface area (Å²) in [5.41, 5.74) is 4.24. The van der Waals surface area contributed by atoms with E-state index < -0.39 is 0 Å². The molecule has 136 valence electrons. The maximum atomic E-state index is 12.9. The van der Waals surface area contributed by atoms with Gasteiger partial charge < -0.3 is 4.90 Å². The first-order chi connectivity index (χ1) is 12.5. The molecule has 2 aromatic heterocycles. The molecule has 0 spiro atoms. The van der Waals surface area contributed by atoms with Gasteiger partial charge in [-0.25, -0.2) is 0 Å². The molecule has 0 radical (unpaired) electrons. The van der Waals surface area contributed by atoms with Crippen LogP contribution in [0.3, 0.4) is 0 Å².